The second-order valence-corrected chi connectivity index (χ2v) is 7.29. The first-order chi connectivity index (χ1) is 12.4. The van der Waals surface area contributed by atoms with Crippen LogP contribution < -0.4 is 5.32 Å². The maximum atomic E-state index is 12.6. The fourth-order valence-electron chi connectivity index (χ4n) is 3.30. The number of aliphatic hydroxyl groups excluding tert-OH is 1. The first-order valence-electron chi connectivity index (χ1n) is 9.03. The van der Waals surface area contributed by atoms with Gasteiger partial charge >= 0.3 is 0 Å². The summed E-state index contributed by atoms with van der Waals surface area (Å²) >= 11 is 0. The van der Waals surface area contributed by atoms with E-state index in [4.69, 9.17) is 4.74 Å². The summed E-state index contributed by atoms with van der Waals surface area (Å²) in [4.78, 5) is 12.6. The Morgan fingerprint density at radius 1 is 1.27 bits per heavy atom. The molecule has 1 amide bonds. The third-order valence-corrected chi connectivity index (χ3v) is 5.43. The fourth-order valence-corrected chi connectivity index (χ4v) is 3.30. The van der Waals surface area contributed by atoms with Gasteiger partial charge in [-0.05, 0) is 49.9 Å². The van der Waals surface area contributed by atoms with Gasteiger partial charge < -0.3 is 15.2 Å². The number of nitrogens with zero attached hydrogens (tertiary/aromatic N) is 2. The van der Waals surface area contributed by atoms with Gasteiger partial charge in [0, 0.05) is 37.8 Å². The van der Waals surface area contributed by atoms with Gasteiger partial charge in [-0.2, -0.15) is 5.10 Å². The Morgan fingerprint density at radius 3 is 2.65 bits per heavy atom. The highest BCUT2D eigenvalue weighted by Crippen LogP contribution is 2.29. The van der Waals surface area contributed by atoms with Gasteiger partial charge in [0.1, 0.15) is 0 Å². The normalized spacial score (nSPS) is 16.5. The van der Waals surface area contributed by atoms with E-state index in [0.29, 0.717) is 25.5 Å². The van der Waals surface area contributed by atoms with E-state index in [1.807, 2.05) is 19.2 Å². The van der Waals surface area contributed by atoms with Crippen LogP contribution in [0, 0.1) is 19.3 Å². The molecular formula is C20H27N3O3. The summed E-state index contributed by atoms with van der Waals surface area (Å²) in [5.74, 6) is -0.213. The molecule has 0 bridgehead atoms. The lowest BCUT2D eigenvalue weighted by atomic mass is 9.81. The quantitative estimate of drug-likeness (QED) is 0.860. The molecule has 6 heteroatoms. The summed E-state index contributed by atoms with van der Waals surface area (Å²) in [5, 5.41) is 17.1. The third kappa shape index (κ3) is 3.81. The maximum Gasteiger partial charge on any atom is 0.271 e. The molecule has 0 spiro atoms. The van der Waals surface area contributed by atoms with Crippen LogP contribution in [0.1, 0.15) is 34.5 Å². The zero-order valence-electron chi connectivity index (χ0n) is 15.7. The molecule has 26 heavy (non-hydrogen) atoms. The molecule has 2 aromatic rings. The van der Waals surface area contributed by atoms with Gasteiger partial charge in [0.2, 0.25) is 0 Å². The van der Waals surface area contributed by atoms with Crippen LogP contribution in [0.2, 0.25) is 0 Å². The lowest BCUT2D eigenvalue weighted by Crippen LogP contribution is -2.43. The van der Waals surface area contributed by atoms with Crippen molar-refractivity contribution >= 4 is 5.91 Å². The maximum absolute atomic E-state index is 12.6. The average molecular weight is 357 g/mol. The number of nitrogens with one attached hydrogen (secondary N) is 1. The molecule has 0 radical (unpaired) electrons. The Morgan fingerprint density at radius 2 is 2.00 bits per heavy atom. The summed E-state index contributed by atoms with van der Waals surface area (Å²) in [6.07, 6.45) is 1.50. The molecule has 1 fully saturated rings. The van der Waals surface area contributed by atoms with Crippen molar-refractivity contribution in [3.63, 3.8) is 0 Å². The minimum Gasteiger partial charge on any atom is -0.396 e. The van der Waals surface area contributed by atoms with E-state index in [0.717, 1.165) is 24.1 Å². The van der Waals surface area contributed by atoms with Crippen LogP contribution in [-0.2, 0) is 11.8 Å². The first kappa shape index (κ1) is 18.6. The minimum absolute atomic E-state index is 0.0484. The molecule has 1 aromatic heterocycles. The third-order valence-electron chi connectivity index (χ3n) is 5.43. The Kier molecular flexibility index (Phi) is 5.44. The highest BCUT2D eigenvalue weighted by Gasteiger charge is 2.32. The van der Waals surface area contributed by atoms with Crippen molar-refractivity contribution in [3.05, 3.63) is 41.1 Å². The van der Waals surface area contributed by atoms with Gasteiger partial charge in [0.25, 0.3) is 5.91 Å². The molecule has 0 unspecified atom stereocenters. The highest BCUT2D eigenvalue weighted by atomic mass is 16.5. The van der Waals surface area contributed by atoms with E-state index in [2.05, 4.69) is 36.4 Å². The summed E-state index contributed by atoms with van der Waals surface area (Å²) in [6, 6.07) is 8.04. The van der Waals surface area contributed by atoms with Crippen molar-refractivity contribution < 1.29 is 14.6 Å². The molecule has 1 aromatic carbocycles. The highest BCUT2D eigenvalue weighted by molar-refractivity contribution is 5.93. The van der Waals surface area contributed by atoms with E-state index in [1.54, 1.807) is 4.68 Å². The van der Waals surface area contributed by atoms with Gasteiger partial charge in [-0.25, -0.2) is 0 Å². The van der Waals surface area contributed by atoms with Crippen LogP contribution in [0.15, 0.2) is 24.3 Å². The number of aryl methyl sites for hydroxylation is 3. The molecule has 0 atom stereocenters. The number of hydrogen-bond acceptors (Lipinski definition) is 4. The van der Waals surface area contributed by atoms with E-state index in [1.165, 1.54) is 11.1 Å². The van der Waals surface area contributed by atoms with Crippen LogP contribution in [0.4, 0.5) is 0 Å². The van der Waals surface area contributed by atoms with Gasteiger partial charge in [-0.1, -0.05) is 12.1 Å². The molecular weight excluding hydrogens is 330 g/mol. The topological polar surface area (TPSA) is 76.4 Å². The van der Waals surface area contributed by atoms with E-state index < -0.39 is 0 Å². The SMILES string of the molecule is Cc1ccc(-c2cc(C(=O)NCC3(CO)CCOCC3)nn2C)cc1C. The Hall–Kier alpha value is -2.18. The van der Waals surface area contributed by atoms with Crippen LogP contribution in [0.5, 0.6) is 0 Å². The van der Waals surface area contributed by atoms with Crippen LogP contribution in [-0.4, -0.2) is 47.2 Å². The Balaban J connectivity index is 1.73. The lowest BCUT2D eigenvalue weighted by molar-refractivity contribution is -0.0146. The zero-order chi connectivity index (χ0) is 18.7. The zero-order valence-corrected chi connectivity index (χ0v) is 15.7. The summed E-state index contributed by atoms with van der Waals surface area (Å²) in [5.41, 5.74) is 4.48. The van der Waals surface area contributed by atoms with Gasteiger partial charge in [-0.15, -0.1) is 0 Å². The van der Waals surface area contributed by atoms with Crippen LogP contribution in [0.25, 0.3) is 11.3 Å². The van der Waals surface area contributed by atoms with Gasteiger partial charge in [-0.3, -0.25) is 9.48 Å². The number of ether oxygens (including phenoxy) is 1. The number of benzene rings is 1. The molecule has 6 nitrogen and oxygen atoms in total. The second kappa shape index (κ2) is 7.60. The second-order valence-electron chi connectivity index (χ2n) is 7.29. The number of rotatable bonds is 5. The van der Waals surface area contributed by atoms with Crippen molar-refractivity contribution in [2.45, 2.75) is 26.7 Å². The summed E-state index contributed by atoms with van der Waals surface area (Å²) in [6.45, 7) is 5.88. The lowest BCUT2D eigenvalue weighted by Gasteiger charge is -2.35. The van der Waals surface area contributed by atoms with E-state index >= 15 is 0 Å². The molecule has 2 N–H and O–H groups in total. The smallest absolute Gasteiger partial charge is 0.271 e. The summed E-state index contributed by atoms with van der Waals surface area (Å²) < 4.78 is 7.10. The van der Waals surface area contributed by atoms with Gasteiger partial charge in [0.15, 0.2) is 5.69 Å². The van der Waals surface area contributed by atoms with Crippen molar-refractivity contribution in [1.82, 2.24) is 15.1 Å². The predicted molar refractivity (Wildman–Crippen MR) is 100 cm³/mol. The molecule has 1 saturated heterocycles. The number of carbonyl (C=O) groups excluding carboxylic acids is 1. The molecule has 140 valence electrons. The van der Waals surface area contributed by atoms with E-state index in [-0.39, 0.29) is 17.9 Å². The van der Waals surface area contributed by atoms with E-state index in [9.17, 15) is 9.90 Å². The minimum atomic E-state index is -0.292. The number of aromatic nitrogens is 2. The average Bonchev–Trinajstić information content (AvgIpc) is 3.04. The number of carbonyl (C=O) groups is 1. The van der Waals surface area contributed by atoms with Crippen molar-refractivity contribution in [2.24, 2.45) is 12.5 Å². The fraction of sp³-hybridized carbons (Fsp3) is 0.500. The number of hydrogen-bond donors (Lipinski definition) is 2. The molecule has 0 aliphatic carbocycles. The molecule has 0 saturated carbocycles. The van der Waals surface area contributed by atoms with Crippen molar-refractivity contribution in [3.8, 4) is 11.3 Å². The number of aliphatic hydroxyl groups is 1. The molecule has 2 heterocycles. The predicted octanol–water partition coefficient (Wildman–Crippen LogP) is 2.22. The van der Waals surface area contributed by atoms with Crippen LogP contribution >= 0.6 is 0 Å². The van der Waals surface area contributed by atoms with Crippen LogP contribution in [0.3, 0.4) is 0 Å². The van der Waals surface area contributed by atoms with Crippen molar-refractivity contribution in [1.29, 1.82) is 0 Å². The monoisotopic (exact) mass is 357 g/mol. The Labute approximate surface area is 154 Å². The number of amides is 1. The molecule has 1 aliphatic heterocycles. The standard InChI is InChI=1S/C20H27N3O3/c1-14-4-5-16(10-15(14)2)18-11-17(22-23(18)3)19(25)21-12-20(13-24)6-8-26-9-7-20/h4-5,10-11,24H,6-9,12-13H2,1-3H3,(H,21,25). The molecule has 3 rings (SSSR count). The summed E-state index contributed by atoms with van der Waals surface area (Å²) in [7, 11) is 1.84. The van der Waals surface area contributed by atoms with Crippen molar-refractivity contribution in [2.75, 3.05) is 26.4 Å². The Bertz CT molecular complexity index is 792. The molecule has 1 aliphatic rings. The largest absolute Gasteiger partial charge is 0.396 e. The van der Waals surface area contributed by atoms with Gasteiger partial charge in [0.05, 0.1) is 12.3 Å². The first-order valence-corrected chi connectivity index (χ1v) is 9.03.